The van der Waals surface area contributed by atoms with Crippen LogP contribution in [0.3, 0.4) is 0 Å². The van der Waals surface area contributed by atoms with Crippen LogP contribution in [0.25, 0.3) is 11.1 Å². The summed E-state index contributed by atoms with van der Waals surface area (Å²) in [5.41, 5.74) is 6.90. The molecule has 0 saturated heterocycles. The molecule has 1 saturated carbocycles. The second kappa shape index (κ2) is 12.0. The summed E-state index contributed by atoms with van der Waals surface area (Å²) >= 11 is 0. The van der Waals surface area contributed by atoms with Gasteiger partial charge in [0.1, 0.15) is 0 Å². The van der Waals surface area contributed by atoms with E-state index in [0.717, 1.165) is 31.6 Å². The lowest BCUT2D eigenvalue weighted by Crippen LogP contribution is -2.10. The molecule has 0 unspecified atom stereocenters. The van der Waals surface area contributed by atoms with Gasteiger partial charge in [0.15, 0.2) is 0 Å². The van der Waals surface area contributed by atoms with E-state index in [-0.39, 0.29) is 12.6 Å². The van der Waals surface area contributed by atoms with E-state index in [1.807, 2.05) is 0 Å². The Morgan fingerprint density at radius 3 is 2.28 bits per heavy atom. The Morgan fingerprint density at radius 2 is 1.62 bits per heavy atom. The number of carbonyl (C=O) groups excluding carboxylic acids is 1. The van der Waals surface area contributed by atoms with Crippen LogP contribution in [-0.4, -0.2) is 24.3 Å². The fourth-order valence-electron chi connectivity index (χ4n) is 4.64. The number of aliphatic hydroxyl groups is 1. The molecule has 1 N–H and O–H groups in total. The molecule has 0 atom stereocenters. The fourth-order valence-corrected chi connectivity index (χ4v) is 4.64. The third-order valence-electron chi connectivity index (χ3n) is 6.71. The smallest absolute Gasteiger partial charge is 0.333 e. The summed E-state index contributed by atoms with van der Waals surface area (Å²) < 4.78 is 5.26. The molecule has 0 amide bonds. The predicted molar refractivity (Wildman–Crippen MR) is 132 cm³/mol. The van der Waals surface area contributed by atoms with Crippen molar-refractivity contribution < 1.29 is 14.6 Å². The molecule has 32 heavy (non-hydrogen) atoms. The Morgan fingerprint density at radius 1 is 0.969 bits per heavy atom. The molecule has 3 rings (SSSR count). The van der Waals surface area contributed by atoms with Gasteiger partial charge in [-0.2, -0.15) is 0 Å². The fraction of sp³-hybridized carbons (Fsp3) is 0.483. The minimum atomic E-state index is -0.327. The van der Waals surface area contributed by atoms with E-state index < -0.39 is 0 Å². The van der Waals surface area contributed by atoms with E-state index in [1.165, 1.54) is 53.5 Å². The molecule has 1 fully saturated rings. The van der Waals surface area contributed by atoms with Gasteiger partial charge in [0.25, 0.3) is 0 Å². The SMILES string of the molecule is C=C(C)C(=O)OCCCc1cc(-c2ccc(C3CCC(C)CC3)cc2)ccc1CCCO. The van der Waals surface area contributed by atoms with Crippen molar-refractivity contribution in [3.05, 3.63) is 71.3 Å². The molecular formula is C29H38O3. The summed E-state index contributed by atoms with van der Waals surface area (Å²) in [5, 5.41) is 9.26. The first-order chi connectivity index (χ1) is 15.5. The first-order valence-electron chi connectivity index (χ1n) is 12.1. The molecule has 1 aliphatic rings. The molecule has 0 spiro atoms. The number of ether oxygens (including phenoxy) is 1. The van der Waals surface area contributed by atoms with Gasteiger partial charge in [-0.25, -0.2) is 4.79 Å². The van der Waals surface area contributed by atoms with Crippen LogP contribution in [0, 0.1) is 5.92 Å². The van der Waals surface area contributed by atoms with Crippen molar-refractivity contribution in [1.82, 2.24) is 0 Å². The third-order valence-corrected chi connectivity index (χ3v) is 6.71. The number of hydrogen-bond acceptors (Lipinski definition) is 3. The lowest BCUT2D eigenvalue weighted by atomic mass is 9.79. The number of aliphatic hydroxyl groups excluding tert-OH is 1. The molecule has 0 aromatic heterocycles. The highest BCUT2D eigenvalue weighted by atomic mass is 16.5. The molecule has 1 aliphatic carbocycles. The van der Waals surface area contributed by atoms with E-state index >= 15 is 0 Å². The van der Waals surface area contributed by atoms with E-state index in [0.29, 0.717) is 18.1 Å². The highest BCUT2D eigenvalue weighted by molar-refractivity contribution is 5.86. The van der Waals surface area contributed by atoms with Gasteiger partial charge in [-0.3, -0.25) is 0 Å². The largest absolute Gasteiger partial charge is 0.462 e. The van der Waals surface area contributed by atoms with E-state index in [2.05, 4.69) is 56.0 Å². The molecule has 0 aliphatic heterocycles. The zero-order chi connectivity index (χ0) is 22.9. The lowest BCUT2D eigenvalue weighted by molar-refractivity contribution is -0.139. The number of esters is 1. The zero-order valence-electron chi connectivity index (χ0n) is 19.7. The van der Waals surface area contributed by atoms with E-state index in [4.69, 9.17) is 4.74 Å². The average Bonchev–Trinajstić information content (AvgIpc) is 2.81. The number of hydrogen-bond donors (Lipinski definition) is 1. The molecule has 0 radical (unpaired) electrons. The third kappa shape index (κ3) is 6.80. The molecule has 3 nitrogen and oxygen atoms in total. The number of rotatable bonds is 10. The molecule has 2 aromatic rings. The average molecular weight is 435 g/mol. The zero-order valence-corrected chi connectivity index (χ0v) is 19.7. The van der Waals surface area contributed by atoms with Gasteiger partial charge in [0.05, 0.1) is 6.61 Å². The monoisotopic (exact) mass is 434 g/mol. The van der Waals surface area contributed by atoms with Gasteiger partial charge in [0.2, 0.25) is 0 Å². The predicted octanol–water partition coefficient (Wildman–Crippen LogP) is 6.62. The minimum Gasteiger partial charge on any atom is -0.462 e. The van der Waals surface area contributed by atoms with Crippen molar-refractivity contribution in [1.29, 1.82) is 0 Å². The van der Waals surface area contributed by atoms with Crippen molar-refractivity contribution in [3.8, 4) is 11.1 Å². The molecular weight excluding hydrogens is 396 g/mol. The van der Waals surface area contributed by atoms with Crippen molar-refractivity contribution >= 4 is 5.97 Å². The minimum absolute atomic E-state index is 0.193. The van der Waals surface area contributed by atoms with Gasteiger partial charge in [-0.1, -0.05) is 68.8 Å². The van der Waals surface area contributed by atoms with Crippen LogP contribution in [-0.2, 0) is 22.4 Å². The highest BCUT2D eigenvalue weighted by Gasteiger charge is 2.19. The lowest BCUT2D eigenvalue weighted by Gasteiger charge is -2.26. The van der Waals surface area contributed by atoms with Gasteiger partial charge >= 0.3 is 5.97 Å². The van der Waals surface area contributed by atoms with E-state index in [1.54, 1.807) is 6.92 Å². The van der Waals surface area contributed by atoms with Crippen LogP contribution in [0.2, 0.25) is 0 Å². The number of benzene rings is 2. The molecule has 3 heteroatoms. The maximum Gasteiger partial charge on any atom is 0.333 e. The summed E-state index contributed by atoms with van der Waals surface area (Å²) in [5.74, 6) is 1.25. The maximum absolute atomic E-state index is 11.6. The maximum atomic E-state index is 11.6. The summed E-state index contributed by atoms with van der Waals surface area (Å²) in [6.07, 6.45) is 8.52. The molecule has 172 valence electrons. The summed E-state index contributed by atoms with van der Waals surface area (Å²) in [6.45, 7) is 8.24. The summed E-state index contributed by atoms with van der Waals surface area (Å²) in [4.78, 5) is 11.6. The molecule has 0 heterocycles. The summed E-state index contributed by atoms with van der Waals surface area (Å²) in [6, 6.07) is 15.8. The van der Waals surface area contributed by atoms with Crippen LogP contribution in [0.1, 0.15) is 75.0 Å². The van der Waals surface area contributed by atoms with Gasteiger partial charge in [0, 0.05) is 12.2 Å². The van der Waals surface area contributed by atoms with Crippen molar-refractivity contribution in [2.75, 3.05) is 13.2 Å². The number of carbonyl (C=O) groups is 1. The van der Waals surface area contributed by atoms with Crippen molar-refractivity contribution in [2.45, 2.75) is 71.1 Å². The first kappa shape index (κ1) is 24.3. The van der Waals surface area contributed by atoms with Gasteiger partial charge < -0.3 is 9.84 Å². The second-order valence-corrected chi connectivity index (χ2v) is 9.41. The Hall–Kier alpha value is -2.39. The Labute approximate surface area is 193 Å². The van der Waals surface area contributed by atoms with Gasteiger partial charge in [-0.15, -0.1) is 0 Å². The van der Waals surface area contributed by atoms with Crippen LogP contribution in [0.4, 0.5) is 0 Å². The highest BCUT2D eigenvalue weighted by Crippen LogP contribution is 2.36. The van der Waals surface area contributed by atoms with Gasteiger partial charge in [-0.05, 0) is 85.1 Å². The standard InChI is InChI=1S/C29H38O3/c1-21(2)29(31)32-19-5-7-27-20-28(17-16-23(27)6-4-18-30)26-14-12-25(13-15-26)24-10-8-22(3)9-11-24/h12-17,20,22,24,30H,1,4-11,18-19H2,2-3H3. The molecule has 2 aromatic carbocycles. The Bertz CT molecular complexity index is 889. The quantitative estimate of drug-likeness (QED) is 0.259. The molecule has 0 bridgehead atoms. The van der Waals surface area contributed by atoms with Crippen LogP contribution < -0.4 is 0 Å². The second-order valence-electron chi connectivity index (χ2n) is 9.41. The van der Waals surface area contributed by atoms with Crippen LogP contribution in [0.15, 0.2) is 54.6 Å². The Balaban J connectivity index is 1.69. The topological polar surface area (TPSA) is 46.5 Å². The summed E-state index contributed by atoms with van der Waals surface area (Å²) in [7, 11) is 0. The normalized spacial score (nSPS) is 18.3. The van der Waals surface area contributed by atoms with E-state index in [9.17, 15) is 9.90 Å². The Kier molecular flexibility index (Phi) is 9.11. The van der Waals surface area contributed by atoms with Crippen molar-refractivity contribution in [3.63, 3.8) is 0 Å². The van der Waals surface area contributed by atoms with Crippen molar-refractivity contribution in [2.24, 2.45) is 5.92 Å². The first-order valence-corrected chi connectivity index (χ1v) is 12.1. The van der Waals surface area contributed by atoms with Crippen LogP contribution in [0.5, 0.6) is 0 Å². The van der Waals surface area contributed by atoms with Crippen LogP contribution >= 0.6 is 0 Å². The number of aryl methyl sites for hydroxylation is 2.